The zero-order valence-electron chi connectivity index (χ0n) is 11.7. The predicted molar refractivity (Wildman–Crippen MR) is 89.0 cm³/mol. The molecule has 5 heteroatoms. The Labute approximate surface area is 133 Å². The van der Waals surface area contributed by atoms with Crippen molar-refractivity contribution in [3.05, 3.63) is 53.1 Å². The summed E-state index contributed by atoms with van der Waals surface area (Å²) < 4.78 is 0. The van der Waals surface area contributed by atoms with Gasteiger partial charge in [0, 0.05) is 11.4 Å². The van der Waals surface area contributed by atoms with E-state index in [4.69, 9.17) is 11.6 Å². The maximum absolute atomic E-state index is 6.37. The number of H-pyrrole nitrogens is 1. The summed E-state index contributed by atoms with van der Waals surface area (Å²) in [5.41, 5.74) is 3.20. The molecule has 2 aromatic carbocycles. The fraction of sp³-hybridized carbons (Fsp3) is 0.188. The number of nitrogens with zero attached hydrogens (tertiary/aromatic N) is 1. The summed E-state index contributed by atoms with van der Waals surface area (Å²) in [6.07, 6.45) is 0. The van der Waals surface area contributed by atoms with E-state index in [1.165, 1.54) is 5.56 Å². The molecular formula is C16H16ClN3S. The number of imidazole rings is 1. The van der Waals surface area contributed by atoms with Gasteiger partial charge in [0.1, 0.15) is 0 Å². The first-order chi connectivity index (χ1) is 10.3. The Hall–Kier alpha value is -1.49. The lowest BCUT2D eigenvalue weighted by Crippen LogP contribution is -2.11. The second-order valence-corrected chi connectivity index (χ2v) is 6.14. The number of aromatic nitrogens is 2. The second kappa shape index (κ2) is 6.52. The van der Waals surface area contributed by atoms with Crippen molar-refractivity contribution in [2.75, 3.05) is 6.54 Å². The summed E-state index contributed by atoms with van der Waals surface area (Å²) in [5, 5.41) is 4.91. The van der Waals surface area contributed by atoms with Crippen LogP contribution in [0.5, 0.6) is 0 Å². The summed E-state index contributed by atoms with van der Waals surface area (Å²) in [6, 6.07) is 14.2. The standard InChI is InChI=1S/C16H16ClN3S/c1-2-18-10-11-7-8-15(12(17)9-11)21-16-19-13-5-3-4-6-14(13)20-16/h3-9,18H,2,10H2,1H3,(H,19,20). The number of aromatic amines is 1. The van der Waals surface area contributed by atoms with E-state index in [0.29, 0.717) is 0 Å². The molecule has 108 valence electrons. The van der Waals surface area contributed by atoms with Gasteiger partial charge in [-0.25, -0.2) is 4.98 Å². The van der Waals surface area contributed by atoms with E-state index in [1.54, 1.807) is 11.8 Å². The Morgan fingerprint density at radius 2 is 2.10 bits per heavy atom. The number of fused-ring (bicyclic) bond motifs is 1. The first kappa shape index (κ1) is 14.4. The van der Waals surface area contributed by atoms with Gasteiger partial charge < -0.3 is 10.3 Å². The van der Waals surface area contributed by atoms with Gasteiger partial charge in [0.2, 0.25) is 0 Å². The number of para-hydroxylation sites is 2. The van der Waals surface area contributed by atoms with Gasteiger partial charge in [0.25, 0.3) is 0 Å². The van der Waals surface area contributed by atoms with Crippen LogP contribution in [0.1, 0.15) is 12.5 Å². The van der Waals surface area contributed by atoms with E-state index in [0.717, 1.165) is 39.2 Å². The molecule has 0 radical (unpaired) electrons. The van der Waals surface area contributed by atoms with Gasteiger partial charge in [-0.15, -0.1) is 0 Å². The van der Waals surface area contributed by atoms with Gasteiger partial charge in [-0.05, 0) is 36.4 Å². The molecule has 0 saturated carbocycles. The Bertz CT molecular complexity index is 721. The van der Waals surface area contributed by atoms with E-state index in [1.807, 2.05) is 36.4 Å². The number of hydrogen-bond donors (Lipinski definition) is 2. The molecule has 1 heterocycles. The van der Waals surface area contributed by atoms with Crippen LogP contribution in [0.3, 0.4) is 0 Å². The van der Waals surface area contributed by atoms with Crippen LogP contribution in [0, 0.1) is 0 Å². The third-order valence-electron chi connectivity index (χ3n) is 3.15. The van der Waals surface area contributed by atoms with Crippen LogP contribution < -0.4 is 5.32 Å². The molecule has 2 N–H and O–H groups in total. The van der Waals surface area contributed by atoms with Gasteiger partial charge in [-0.2, -0.15) is 0 Å². The zero-order chi connectivity index (χ0) is 14.7. The Balaban J connectivity index is 1.80. The third kappa shape index (κ3) is 3.40. The Kier molecular flexibility index (Phi) is 4.48. The first-order valence-corrected chi connectivity index (χ1v) is 8.07. The van der Waals surface area contributed by atoms with Crippen molar-refractivity contribution in [3.8, 4) is 0 Å². The molecule has 0 amide bonds. The fourth-order valence-corrected chi connectivity index (χ4v) is 3.21. The monoisotopic (exact) mass is 317 g/mol. The van der Waals surface area contributed by atoms with Crippen LogP contribution in [-0.2, 0) is 6.54 Å². The molecule has 1 aromatic heterocycles. The first-order valence-electron chi connectivity index (χ1n) is 6.88. The van der Waals surface area contributed by atoms with Crippen LogP contribution in [0.15, 0.2) is 52.5 Å². The molecule has 21 heavy (non-hydrogen) atoms. The number of rotatable bonds is 5. The summed E-state index contributed by atoms with van der Waals surface area (Å²) >= 11 is 7.92. The molecule has 0 spiro atoms. The van der Waals surface area contributed by atoms with Gasteiger partial charge in [-0.1, -0.05) is 48.5 Å². The van der Waals surface area contributed by atoms with Crippen molar-refractivity contribution in [3.63, 3.8) is 0 Å². The van der Waals surface area contributed by atoms with Gasteiger partial charge in [-0.3, -0.25) is 0 Å². The second-order valence-electron chi connectivity index (χ2n) is 4.71. The summed E-state index contributed by atoms with van der Waals surface area (Å²) in [4.78, 5) is 8.87. The third-order valence-corrected chi connectivity index (χ3v) is 4.54. The number of nitrogens with one attached hydrogen (secondary N) is 2. The van der Waals surface area contributed by atoms with E-state index < -0.39 is 0 Å². The maximum atomic E-state index is 6.37. The summed E-state index contributed by atoms with van der Waals surface area (Å²) in [6.45, 7) is 3.88. The van der Waals surface area contributed by atoms with E-state index in [9.17, 15) is 0 Å². The average molecular weight is 318 g/mol. The van der Waals surface area contributed by atoms with Crippen molar-refractivity contribution in [2.24, 2.45) is 0 Å². The van der Waals surface area contributed by atoms with Gasteiger partial charge in [0.15, 0.2) is 5.16 Å². The van der Waals surface area contributed by atoms with Crippen molar-refractivity contribution >= 4 is 34.4 Å². The van der Waals surface area contributed by atoms with E-state index >= 15 is 0 Å². The predicted octanol–water partition coefficient (Wildman–Crippen LogP) is 4.48. The highest BCUT2D eigenvalue weighted by atomic mass is 35.5. The molecule has 0 aliphatic carbocycles. The molecule has 3 aromatic rings. The zero-order valence-corrected chi connectivity index (χ0v) is 13.3. The highest BCUT2D eigenvalue weighted by Gasteiger charge is 2.08. The highest BCUT2D eigenvalue weighted by Crippen LogP contribution is 2.33. The average Bonchev–Trinajstić information content (AvgIpc) is 2.90. The van der Waals surface area contributed by atoms with E-state index in [2.05, 4.69) is 28.3 Å². The quantitative estimate of drug-likeness (QED) is 0.729. The minimum Gasteiger partial charge on any atom is -0.333 e. The number of halogens is 1. The highest BCUT2D eigenvalue weighted by molar-refractivity contribution is 7.99. The lowest BCUT2D eigenvalue weighted by molar-refractivity contribution is 0.726. The van der Waals surface area contributed by atoms with Crippen molar-refractivity contribution in [1.29, 1.82) is 0 Å². The lowest BCUT2D eigenvalue weighted by Gasteiger charge is -2.06. The molecule has 0 saturated heterocycles. The minimum absolute atomic E-state index is 0.760. The molecule has 0 bridgehead atoms. The fourth-order valence-electron chi connectivity index (χ4n) is 2.09. The minimum atomic E-state index is 0.760. The largest absolute Gasteiger partial charge is 0.333 e. The van der Waals surface area contributed by atoms with Crippen LogP contribution in [0.25, 0.3) is 11.0 Å². The smallest absolute Gasteiger partial charge is 0.171 e. The molecule has 3 nitrogen and oxygen atoms in total. The lowest BCUT2D eigenvalue weighted by atomic mass is 10.2. The molecule has 0 fully saturated rings. The molecule has 0 aliphatic rings. The molecule has 0 unspecified atom stereocenters. The number of hydrogen-bond acceptors (Lipinski definition) is 3. The number of benzene rings is 2. The van der Waals surface area contributed by atoms with E-state index in [-0.39, 0.29) is 0 Å². The van der Waals surface area contributed by atoms with Crippen molar-refractivity contribution in [2.45, 2.75) is 23.5 Å². The van der Waals surface area contributed by atoms with Crippen LogP contribution >= 0.6 is 23.4 Å². The van der Waals surface area contributed by atoms with Crippen molar-refractivity contribution < 1.29 is 0 Å². The summed E-state index contributed by atoms with van der Waals surface area (Å²) in [7, 11) is 0. The molecule has 3 rings (SSSR count). The molecular weight excluding hydrogens is 302 g/mol. The van der Waals surface area contributed by atoms with Crippen LogP contribution in [-0.4, -0.2) is 16.5 Å². The summed E-state index contributed by atoms with van der Waals surface area (Å²) in [5.74, 6) is 0. The maximum Gasteiger partial charge on any atom is 0.171 e. The van der Waals surface area contributed by atoms with Gasteiger partial charge >= 0.3 is 0 Å². The normalized spacial score (nSPS) is 11.1. The van der Waals surface area contributed by atoms with Crippen molar-refractivity contribution in [1.82, 2.24) is 15.3 Å². The van der Waals surface area contributed by atoms with Gasteiger partial charge in [0.05, 0.1) is 16.1 Å². The Morgan fingerprint density at radius 1 is 1.24 bits per heavy atom. The van der Waals surface area contributed by atoms with Crippen LogP contribution in [0.2, 0.25) is 5.02 Å². The topological polar surface area (TPSA) is 40.7 Å². The molecule has 0 atom stereocenters. The molecule has 0 aliphatic heterocycles. The Morgan fingerprint density at radius 3 is 2.86 bits per heavy atom. The SMILES string of the molecule is CCNCc1ccc(Sc2nc3ccccc3[nH]2)c(Cl)c1. The van der Waals surface area contributed by atoms with Crippen LogP contribution in [0.4, 0.5) is 0 Å².